The highest BCUT2D eigenvalue weighted by Gasteiger charge is 1.92. The lowest BCUT2D eigenvalue weighted by Crippen LogP contribution is -2.24. The second kappa shape index (κ2) is 6.49. The van der Waals surface area contributed by atoms with E-state index >= 15 is 0 Å². The summed E-state index contributed by atoms with van der Waals surface area (Å²) in [6.45, 7) is 7.41. The Bertz CT molecular complexity index is 344. The van der Waals surface area contributed by atoms with Gasteiger partial charge in [0.25, 0.3) is 0 Å². The molecule has 1 heterocycles. The Hall–Kier alpha value is -1.96. The second-order valence-corrected chi connectivity index (χ2v) is 3.03. The summed E-state index contributed by atoms with van der Waals surface area (Å²) in [5, 5.41) is 0. The fourth-order valence-electron chi connectivity index (χ4n) is 1.15. The molecule has 0 saturated heterocycles. The van der Waals surface area contributed by atoms with Crippen molar-refractivity contribution in [1.82, 2.24) is 10.9 Å². The molecule has 0 aromatic rings. The molecule has 1 aliphatic rings. The third kappa shape index (κ3) is 4.18. The molecule has 0 amide bonds. The highest BCUT2D eigenvalue weighted by Crippen LogP contribution is 2.06. The molecule has 1 aliphatic heterocycles. The maximum Gasteiger partial charge on any atom is 0.0503 e. The lowest BCUT2D eigenvalue weighted by Gasteiger charge is -2.04. The first-order chi connectivity index (χ1) is 7.36. The summed E-state index contributed by atoms with van der Waals surface area (Å²) < 4.78 is 0. The smallest absolute Gasteiger partial charge is 0.0503 e. The Morgan fingerprint density at radius 3 is 2.93 bits per heavy atom. The summed E-state index contributed by atoms with van der Waals surface area (Å²) in [7, 11) is 0. The molecule has 0 saturated carbocycles. The Balaban J connectivity index is 2.59. The van der Waals surface area contributed by atoms with Crippen LogP contribution in [0.15, 0.2) is 73.2 Å². The molecule has 0 fully saturated rings. The van der Waals surface area contributed by atoms with Gasteiger partial charge in [-0.3, -0.25) is 0 Å². The Labute approximate surface area is 91.0 Å². The average molecular weight is 200 g/mol. The molecule has 0 bridgehead atoms. The molecule has 0 unspecified atom stereocenters. The van der Waals surface area contributed by atoms with E-state index < -0.39 is 0 Å². The van der Waals surface area contributed by atoms with E-state index in [0.29, 0.717) is 0 Å². The van der Waals surface area contributed by atoms with Crippen molar-refractivity contribution in [2.45, 2.75) is 6.42 Å². The number of allylic oxidation sites excluding steroid dienone is 8. The highest BCUT2D eigenvalue weighted by molar-refractivity contribution is 5.28. The Morgan fingerprint density at radius 2 is 2.20 bits per heavy atom. The van der Waals surface area contributed by atoms with Crippen molar-refractivity contribution in [2.75, 3.05) is 0 Å². The predicted molar refractivity (Wildman–Crippen MR) is 65.7 cm³/mol. The number of hydrogen-bond acceptors (Lipinski definition) is 2. The molecule has 0 aromatic heterocycles. The van der Waals surface area contributed by atoms with Crippen LogP contribution in [-0.2, 0) is 0 Å². The lowest BCUT2D eigenvalue weighted by atomic mass is 10.1. The minimum Gasteiger partial charge on any atom is -0.308 e. The fourth-order valence-corrected chi connectivity index (χ4v) is 1.15. The molecule has 2 nitrogen and oxygen atoms in total. The Morgan fingerprint density at radius 1 is 1.33 bits per heavy atom. The van der Waals surface area contributed by atoms with Crippen LogP contribution in [0.1, 0.15) is 6.42 Å². The van der Waals surface area contributed by atoms with Crippen molar-refractivity contribution >= 4 is 0 Å². The largest absolute Gasteiger partial charge is 0.308 e. The average Bonchev–Trinajstić information content (AvgIpc) is 2.52. The minimum atomic E-state index is 0.837. The zero-order valence-electron chi connectivity index (χ0n) is 8.74. The van der Waals surface area contributed by atoms with Gasteiger partial charge in [0.2, 0.25) is 0 Å². The highest BCUT2D eigenvalue weighted by atomic mass is 15.3. The summed E-state index contributed by atoms with van der Waals surface area (Å²) in [6.07, 6.45) is 16.2. The molecule has 15 heavy (non-hydrogen) atoms. The predicted octanol–water partition coefficient (Wildman–Crippen LogP) is 2.74. The minimum absolute atomic E-state index is 0.837. The van der Waals surface area contributed by atoms with Crippen molar-refractivity contribution in [2.24, 2.45) is 0 Å². The van der Waals surface area contributed by atoms with Gasteiger partial charge in [-0.25, -0.2) is 0 Å². The third-order valence-corrected chi connectivity index (χ3v) is 1.93. The van der Waals surface area contributed by atoms with Crippen molar-refractivity contribution in [3.05, 3.63) is 73.2 Å². The number of nitrogens with one attached hydrogen (secondary N) is 2. The first-order valence-corrected chi connectivity index (χ1v) is 4.86. The summed E-state index contributed by atoms with van der Waals surface area (Å²) in [5.41, 5.74) is 8.18. The van der Waals surface area contributed by atoms with Crippen molar-refractivity contribution in [3.8, 4) is 0 Å². The van der Waals surface area contributed by atoms with E-state index in [0.717, 1.165) is 17.7 Å². The molecule has 0 spiro atoms. The molecular weight excluding hydrogens is 184 g/mol. The van der Waals surface area contributed by atoms with Gasteiger partial charge < -0.3 is 10.9 Å². The molecule has 0 aromatic carbocycles. The second-order valence-electron chi connectivity index (χ2n) is 3.03. The van der Waals surface area contributed by atoms with Crippen molar-refractivity contribution in [3.63, 3.8) is 0 Å². The zero-order valence-corrected chi connectivity index (χ0v) is 8.74. The summed E-state index contributed by atoms with van der Waals surface area (Å²) in [6, 6.07) is 0. The van der Waals surface area contributed by atoms with Crippen LogP contribution in [0.25, 0.3) is 0 Å². The summed E-state index contributed by atoms with van der Waals surface area (Å²) in [5.74, 6) is 0. The van der Waals surface area contributed by atoms with Crippen LogP contribution in [0, 0.1) is 0 Å². The van der Waals surface area contributed by atoms with Gasteiger partial charge >= 0.3 is 0 Å². The van der Waals surface area contributed by atoms with Crippen molar-refractivity contribution in [1.29, 1.82) is 0 Å². The van der Waals surface area contributed by atoms with E-state index in [4.69, 9.17) is 0 Å². The van der Waals surface area contributed by atoms with Crippen LogP contribution in [0.2, 0.25) is 0 Å². The van der Waals surface area contributed by atoms with Crippen molar-refractivity contribution < 1.29 is 0 Å². The SMILES string of the molecule is C=C/C=C(\C=C)C/C=C1/C=CC=CNN1. The maximum atomic E-state index is 3.75. The van der Waals surface area contributed by atoms with Gasteiger partial charge in [0.1, 0.15) is 0 Å². The lowest BCUT2D eigenvalue weighted by molar-refractivity contribution is 0.747. The van der Waals surface area contributed by atoms with Crippen LogP contribution in [0.4, 0.5) is 0 Å². The van der Waals surface area contributed by atoms with Gasteiger partial charge in [0.15, 0.2) is 0 Å². The van der Waals surface area contributed by atoms with E-state index in [9.17, 15) is 0 Å². The van der Waals surface area contributed by atoms with Gasteiger partial charge in [0, 0.05) is 6.20 Å². The summed E-state index contributed by atoms with van der Waals surface area (Å²) >= 11 is 0. The third-order valence-electron chi connectivity index (χ3n) is 1.93. The van der Waals surface area contributed by atoms with Gasteiger partial charge in [-0.05, 0) is 24.1 Å². The van der Waals surface area contributed by atoms with Crippen LogP contribution >= 0.6 is 0 Å². The number of hydrazine groups is 1. The Kier molecular flexibility index (Phi) is 4.81. The normalized spacial score (nSPS) is 17.9. The van der Waals surface area contributed by atoms with E-state index in [1.807, 2.05) is 36.6 Å². The molecule has 0 atom stereocenters. The van der Waals surface area contributed by atoms with Crippen LogP contribution < -0.4 is 10.9 Å². The van der Waals surface area contributed by atoms with Gasteiger partial charge in [-0.1, -0.05) is 43.5 Å². The monoisotopic (exact) mass is 200 g/mol. The van der Waals surface area contributed by atoms with Gasteiger partial charge in [0.05, 0.1) is 5.70 Å². The first kappa shape index (κ1) is 11.1. The van der Waals surface area contributed by atoms with E-state index in [1.165, 1.54) is 0 Å². The molecule has 2 N–H and O–H groups in total. The standard InChI is InChI=1S/C13H16N2/c1-3-7-12(4-2)9-10-13-8-5-6-11-14-15-13/h3-8,10-11,14-15H,1-2,9H2/b12-7+,13-10-. The molecule has 2 heteroatoms. The van der Waals surface area contributed by atoms with Crippen LogP contribution in [-0.4, -0.2) is 0 Å². The van der Waals surface area contributed by atoms with Gasteiger partial charge in [-0.15, -0.1) is 0 Å². The topological polar surface area (TPSA) is 24.1 Å². The van der Waals surface area contributed by atoms with Gasteiger partial charge in [-0.2, -0.15) is 0 Å². The number of rotatable bonds is 4. The molecular formula is C13H16N2. The zero-order chi connectivity index (χ0) is 10.9. The molecule has 0 radical (unpaired) electrons. The van der Waals surface area contributed by atoms with Crippen LogP contribution in [0.3, 0.4) is 0 Å². The van der Waals surface area contributed by atoms with E-state index in [1.54, 1.807) is 6.08 Å². The first-order valence-electron chi connectivity index (χ1n) is 4.86. The summed E-state index contributed by atoms with van der Waals surface area (Å²) in [4.78, 5) is 0. The molecule has 78 valence electrons. The maximum absolute atomic E-state index is 3.75. The van der Waals surface area contributed by atoms with E-state index in [2.05, 4.69) is 30.1 Å². The fraction of sp³-hybridized carbons (Fsp3) is 0.0769. The van der Waals surface area contributed by atoms with Crippen LogP contribution in [0.5, 0.6) is 0 Å². The van der Waals surface area contributed by atoms with E-state index in [-0.39, 0.29) is 0 Å². The number of hydrogen-bond donors (Lipinski definition) is 2. The molecule has 0 aliphatic carbocycles. The molecule has 1 rings (SSSR count). The quantitative estimate of drug-likeness (QED) is 0.682.